The molecule has 3 heterocycles. The van der Waals surface area contributed by atoms with E-state index in [2.05, 4.69) is 0 Å². The van der Waals surface area contributed by atoms with Gasteiger partial charge in [-0.25, -0.2) is 14.2 Å². The van der Waals surface area contributed by atoms with Crippen molar-refractivity contribution in [2.45, 2.75) is 63.8 Å². The van der Waals surface area contributed by atoms with E-state index >= 15 is 0 Å². The van der Waals surface area contributed by atoms with Crippen molar-refractivity contribution in [1.82, 2.24) is 9.55 Å². The van der Waals surface area contributed by atoms with Gasteiger partial charge in [0.05, 0.1) is 25.5 Å². The summed E-state index contributed by atoms with van der Waals surface area (Å²) in [5.41, 5.74) is -2.86. The van der Waals surface area contributed by atoms with E-state index in [0.29, 0.717) is 6.20 Å². The van der Waals surface area contributed by atoms with Gasteiger partial charge in [0.25, 0.3) is 5.56 Å². The van der Waals surface area contributed by atoms with Gasteiger partial charge in [-0.3, -0.25) is 27.9 Å². The van der Waals surface area contributed by atoms with E-state index in [1.807, 2.05) is 0 Å². The van der Waals surface area contributed by atoms with Gasteiger partial charge in [-0.2, -0.15) is 4.39 Å². The van der Waals surface area contributed by atoms with Crippen LogP contribution in [0.1, 0.15) is 39.8 Å². The van der Waals surface area contributed by atoms with Crippen LogP contribution in [0.4, 0.5) is 4.39 Å². The first-order chi connectivity index (χ1) is 14.4. The Morgan fingerprint density at radius 1 is 1.42 bits per heavy atom. The number of nitrogens with zero attached hydrogens (tertiary/aromatic N) is 1. The molecule has 12 nitrogen and oxygen atoms in total. The molecule has 1 aromatic rings. The average molecular weight is 466 g/mol. The summed E-state index contributed by atoms with van der Waals surface area (Å²) in [7, 11) is -4.15. The van der Waals surface area contributed by atoms with Gasteiger partial charge >= 0.3 is 19.5 Å². The molecular weight excluding hydrogens is 442 g/mol. The van der Waals surface area contributed by atoms with Gasteiger partial charge in [-0.1, -0.05) is 0 Å². The molecule has 3 rings (SSSR count). The van der Waals surface area contributed by atoms with Crippen LogP contribution in [0, 0.1) is 5.82 Å². The first-order valence-electron chi connectivity index (χ1n) is 9.52. The van der Waals surface area contributed by atoms with Crippen LogP contribution in [-0.2, 0) is 32.4 Å². The average Bonchev–Trinajstić information content (AvgIpc) is 3.02. The fourth-order valence-corrected chi connectivity index (χ4v) is 4.34. The van der Waals surface area contributed by atoms with E-state index in [0.717, 1.165) is 4.57 Å². The van der Waals surface area contributed by atoms with Crippen molar-refractivity contribution in [3.8, 4) is 0 Å². The largest absolute Gasteiger partial charge is 0.475 e. The first kappa shape index (κ1) is 23.8. The number of aromatic amines is 1. The molecule has 0 bridgehead atoms. The number of ether oxygens (including phenoxy) is 2. The van der Waals surface area contributed by atoms with Gasteiger partial charge < -0.3 is 14.6 Å². The SMILES string of the molecule is CC(C)(C)OC(=O)C1CCOP(=O)(OC[C@H]2O[C@@H](n3cc(F)c(=O)[nH]c3=O)C[C@@H]2O)O1. The van der Waals surface area contributed by atoms with Crippen LogP contribution in [0.2, 0.25) is 0 Å². The minimum absolute atomic E-state index is 0.0794. The quantitative estimate of drug-likeness (QED) is 0.465. The Kier molecular flexibility index (Phi) is 6.84. The van der Waals surface area contributed by atoms with Crippen molar-refractivity contribution in [3.05, 3.63) is 32.9 Å². The van der Waals surface area contributed by atoms with E-state index in [-0.39, 0.29) is 19.4 Å². The van der Waals surface area contributed by atoms with Crippen LogP contribution in [0.3, 0.4) is 0 Å². The highest BCUT2D eigenvalue weighted by Crippen LogP contribution is 2.54. The lowest BCUT2D eigenvalue weighted by Crippen LogP contribution is -2.36. The molecule has 14 heteroatoms. The lowest BCUT2D eigenvalue weighted by molar-refractivity contribution is -0.167. The number of hydrogen-bond acceptors (Lipinski definition) is 10. The number of hydrogen-bond donors (Lipinski definition) is 2. The van der Waals surface area contributed by atoms with E-state index in [1.165, 1.54) is 0 Å². The fraction of sp³-hybridized carbons (Fsp3) is 0.706. The van der Waals surface area contributed by atoms with Crippen molar-refractivity contribution < 1.29 is 41.9 Å². The number of phosphoric ester groups is 1. The highest BCUT2D eigenvalue weighted by Gasteiger charge is 2.43. The lowest BCUT2D eigenvalue weighted by atomic mass is 10.2. The van der Waals surface area contributed by atoms with Crippen LogP contribution in [0.15, 0.2) is 15.8 Å². The van der Waals surface area contributed by atoms with Crippen LogP contribution >= 0.6 is 7.82 Å². The number of carbonyl (C=O) groups excluding carboxylic acids is 1. The molecule has 1 aromatic heterocycles. The maximum atomic E-state index is 13.5. The molecule has 5 atom stereocenters. The molecular formula is C17H24FN2O10P. The van der Waals surface area contributed by atoms with Crippen molar-refractivity contribution in [1.29, 1.82) is 0 Å². The summed E-state index contributed by atoms with van der Waals surface area (Å²) in [6.45, 7) is 4.49. The number of phosphoric acid groups is 1. The third-order valence-electron chi connectivity index (χ3n) is 4.39. The van der Waals surface area contributed by atoms with Crippen molar-refractivity contribution >= 4 is 13.8 Å². The predicted octanol–water partition coefficient (Wildman–Crippen LogP) is 0.596. The molecule has 0 aromatic carbocycles. The maximum absolute atomic E-state index is 13.5. The summed E-state index contributed by atoms with van der Waals surface area (Å²) in [5.74, 6) is -1.91. The van der Waals surface area contributed by atoms with Gasteiger partial charge in [-0.15, -0.1) is 0 Å². The molecule has 0 saturated carbocycles. The van der Waals surface area contributed by atoms with Gasteiger partial charge in [0.2, 0.25) is 5.82 Å². The number of carbonyl (C=O) groups is 1. The molecule has 2 fully saturated rings. The molecule has 0 radical (unpaired) electrons. The summed E-state index contributed by atoms with van der Waals surface area (Å²) >= 11 is 0. The second kappa shape index (κ2) is 8.93. The zero-order chi connectivity index (χ0) is 23.0. The fourth-order valence-electron chi connectivity index (χ4n) is 2.98. The van der Waals surface area contributed by atoms with Crippen molar-refractivity contribution in [2.24, 2.45) is 0 Å². The molecule has 0 amide bonds. The molecule has 0 aliphatic carbocycles. The third kappa shape index (κ3) is 5.88. The van der Waals surface area contributed by atoms with E-state index < -0.39 is 67.6 Å². The second-order valence-corrected chi connectivity index (χ2v) is 9.69. The number of halogens is 1. The number of H-pyrrole nitrogens is 1. The molecule has 2 aliphatic rings. The van der Waals surface area contributed by atoms with Crippen LogP contribution < -0.4 is 11.2 Å². The van der Waals surface area contributed by atoms with E-state index in [9.17, 15) is 28.4 Å². The van der Waals surface area contributed by atoms with Crippen molar-refractivity contribution in [3.63, 3.8) is 0 Å². The molecule has 2 saturated heterocycles. The highest BCUT2D eigenvalue weighted by atomic mass is 31.2. The predicted molar refractivity (Wildman–Crippen MR) is 101 cm³/mol. The lowest BCUT2D eigenvalue weighted by Gasteiger charge is -2.30. The molecule has 2 N–H and O–H groups in total. The Hall–Kier alpha value is -1.89. The van der Waals surface area contributed by atoms with Crippen LogP contribution in [0.5, 0.6) is 0 Å². The van der Waals surface area contributed by atoms with E-state index in [1.54, 1.807) is 25.8 Å². The monoisotopic (exact) mass is 466 g/mol. The summed E-state index contributed by atoms with van der Waals surface area (Å²) in [6.07, 6.45) is -3.80. The maximum Gasteiger partial charge on any atom is 0.475 e. The van der Waals surface area contributed by atoms with Crippen molar-refractivity contribution in [2.75, 3.05) is 13.2 Å². The minimum atomic E-state index is -4.15. The summed E-state index contributed by atoms with van der Waals surface area (Å²) in [4.78, 5) is 37.0. The number of nitrogens with one attached hydrogen (secondary N) is 1. The third-order valence-corrected chi connectivity index (χ3v) is 5.87. The number of aromatic nitrogens is 2. The molecule has 0 spiro atoms. The summed E-state index contributed by atoms with van der Waals surface area (Å²) in [6, 6.07) is 0. The number of esters is 1. The molecule has 2 aliphatic heterocycles. The molecule has 174 valence electrons. The summed E-state index contributed by atoms with van der Waals surface area (Å²) < 4.78 is 53.1. The summed E-state index contributed by atoms with van der Waals surface area (Å²) in [5, 5.41) is 10.2. The Labute approximate surface area is 175 Å². The standard InChI is InChI=1S/C17H24FN2O10P/c1-17(2,3)29-15(23)11-4-5-26-31(25,30-11)27-8-12-10(21)6-13(28-12)20-7-9(18)14(22)19-16(20)24/h7,10-13,21H,4-6,8H2,1-3H3,(H,19,22,24)/t10-,11?,12+,13+,31?/m0/s1. The highest BCUT2D eigenvalue weighted by molar-refractivity contribution is 7.48. The minimum Gasteiger partial charge on any atom is -0.458 e. The zero-order valence-corrected chi connectivity index (χ0v) is 18.0. The number of aliphatic hydroxyl groups is 1. The Bertz CT molecular complexity index is 986. The van der Waals surface area contributed by atoms with Crippen LogP contribution in [-0.4, -0.2) is 57.8 Å². The van der Waals surface area contributed by atoms with E-state index in [4.69, 9.17) is 23.0 Å². The topological polar surface area (TPSA) is 155 Å². The van der Waals surface area contributed by atoms with Gasteiger partial charge in [-0.05, 0) is 20.8 Å². The Morgan fingerprint density at radius 3 is 2.81 bits per heavy atom. The number of aliphatic hydroxyl groups excluding tert-OH is 1. The van der Waals surface area contributed by atoms with Gasteiger partial charge in [0, 0.05) is 12.8 Å². The molecule has 31 heavy (non-hydrogen) atoms. The Balaban J connectivity index is 1.61. The van der Waals surface area contributed by atoms with Crippen LogP contribution in [0.25, 0.3) is 0 Å². The smallest absolute Gasteiger partial charge is 0.458 e. The normalized spacial score (nSPS) is 31.5. The Morgan fingerprint density at radius 2 is 2.13 bits per heavy atom. The molecule has 2 unspecified atom stereocenters. The van der Waals surface area contributed by atoms with Gasteiger partial charge in [0.15, 0.2) is 6.10 Å². The first-order valence-corrected chi connectivity index (χ1v) is 11.0. The second-order valence-electron chi connectivity index (χ2n) is 8.07. The zero-order valence-electron chi connectivity index (χ0n) is 17.1. The van der Waals surface area contributed by atoms with Gasteiger partial charge in [0.1, 0.15) is 17.9 Å². The number of rotatable bonds is 5.